The smallest absolute Gasteiger partial charge is 0.358 e. The van der Waals surface area contributed by atoms with Crippen LogP contribution in [0.5, 0.6) is 0 Å². The molecule has 0 aliphatic heterocycles. The summed E-state index contributed by atoms with van der Waals surface area (Å²) in [5.74, 6) is 0. The van der Waals surface area contributed by atoms with Gasteiger partial charge in [-0.05, 0) is 0 Å². The summed E-state index contributed by atoms with van der Waals surface area (Å²) < 4.78 is 0. The molecule has 0 aromatic heterocycles. The molecule has 0 aliphatic rings. The zero-order valence-corrected chi connectivity index (χ0v) is 7.35. The van der Waals surface area contributed by atoms with Crippen LogP contribution in [0.25, 0.3) is 0 Å². The van der Waals surface area contributed by atoms with Gasteiger partial charge in [0.25, 0.3) is 0 Å². The molecule has 0 aromatic carbocycles. The molecule has 0 saturated carbocycles. The van der Waals surface area contributed by atoms with Gasteiger partial charge in [0.2, 0.25) is 0 Å². The Kier molecular flexibility index (Phi) is 419. The van der Waals surface area contributed by atoms with Crippen LogP contribution in [0.1, 0.15) is 0 Å². The van der Waals surface area contributed by atoms with Crippen molar-refractivity contribution in [1.29, 1.82) is 0 Å². The van der Waals surface area contributed by atoms with E-state index in [1.807, 2.05) is 0 Å². The minimum Gasteiger partial charge on any atom is -0.358 e. The average Bonchev–Trinajstić information content (AvgIpc) is 0. The summed E-state index contributed by atoms with van der Waals surface area (Å²) in [6.07, 6.45) is 0. The molecule has 4 heavy (non-hydrogen) atoms. The first-order valence-corrected chi connectivity index (χ1v) is 0. The predicted octanol–water partition coefficient (Wildman–Crippen LogP) is -0.693. The Balaban J connectivity index is 0. The van der Waals surface area contributed by atoms with Crippen LogP contribution in [0.4, 0.5) is 0 Å². The maximum Gasteiger partial charge on any atom is 2.00 e. The van der Waals surface area contributed by atoms with Gasteiger partial charge in [-0.15, -0.1) is 12.4 Å². The summed E-state index contributed by atoms with van der Waals surface area (Å²) in [6.45, 7) is 0. The van der Waals surface area contributed by atoms with E-state index < -0.39 is 0 Å². The monoisotopic (exact) mass is 106 g/mol. The van der Waals surface area contributed by atoms with E-state index in [9.17, 15) is 0 Å². The summed E-state index contributed by atoms with van der Waals surface area (Å²) in [4.78, 5) is 0. The zero-order valence-electron chi connectivity index (χ0n) is 3.12. The first kappa shape index (κ1) is 59.4. The minimum atomic E-state index is 0. The molecule has 0 N–H and O–H groups in total. The Morgan fingerprint density at radius 2 is 1.00 bits per heavy atom. The van der Waals surface area contributed by atoms with Crippen molar-refractivity contribution in [3.63, 3.8) is 0 Å². The molecular weight excluding hydrogens is 99.9 g/mol. The van der Waals surface area contributed by atoms with Gasteiger partial charge in [-0.1, -0.05) is 0 Å². The van der Waals surface area contributed by atoms with E-state index in [4.69, 9.17) is 0 Å². The normalized spacial score (nSPS) is 0. The third-order valence-corrected chi connectivity index (χ3v) is 0. The van der Waals surface area contributed by atoms with Gasteiger partial charge in [-0.3, -0.25) is 0 Å². The molecule has 0 rings (SSSR count). The maximum absolute atomic E-state index is 0. The van der Waals surface area contributed by atoms with Crippen LogP contribution in [0.2, 0.25) is 0 Å². The van der Waals surface area contributed by atoms with Crippen LogP contribution in [0, 0.1) is 7.43 Å². The predicted molar refractivity (Wildman–Crippen MR) is 29.4 cm³/mol. The summed E-state index contributed by atoms with van der Waals surface area (Å²) in [5, 5.41) is 0. The molecular formula is CH7ClMgSi. The number of halogens is 1. The largest absolute Gasteiger partial charge is 2.00 e. The SMILES string of the molecule is Cl.[CH3-].[Mg+2].[SiH3-]. The molecule has 0 heterocycles. The third kappa shape index (κ3) is 10.4. The van der Waals surface area contributed by atoms with E-state index in [0.29, 0.717) is 0 Å². The average molecular weight is 107 g/mol. The molecule has 0 aliphatic carbocycles. The fourth-order valence-corrected chi connectivity index (χ4v) is 0. The molecule has 0 spiro atoms. The van der Waals surface area contributed by atoms with E-state index in [-0.39, 0.29) is 53.9 Å². The van der Waals surface area contributed by atoms with Gasteiger partial charge < -0.3 is 18.4 Å². The van der Waals surface area contributed by atoms with Crippen molar-refractivity contribution in [2.75, 3.05) is 0 Å². The molecule has 0 aromatic rings. The maximum atomic E-state index is 0. The number of hydrogen-bond acceptors (Lipinski definition) is 0. The van der Waals surface area contributed by atoms with E-state index in [1.54, 1.807) is 0 Å². The molecule has 0 fully saturated rings. The molecule has 24 valence electrons. The topological polar surface area (TPSA) is 0 Å². The Morgan fingerprint density at radius 3 is 1.00 bits per heavy atom. The van der Waals surface area contributed by atoms with E-state index >= 15 is 0 Å². The van der Waals surface area contributed by atoms with Crippen LogP contribution < -0.4 is 0 Å². The summed E-state index contributed by atoms with van der Waals surface area (Å²) in [6, 6.07) is 0. The summed E-state index contributed by atoms with van der Waals surface area (Å²) in [7, 11) is 0. The van der Waals surface area contributed by atoms with Gasteiger partial charge in [0.05, 0.1) is 0 Å². The standard InChI is InChI=1S/CH3.ClH.Mg.H3Si/h1H3;1H;;1H3/q-1;;+2;-1. The summed E-state index contributed by atoms with van der Waals surface area (Å²) in [5.41, 5.74) is 0. The van der Waals surface area contributed by atoms with Crippen molar-refractivity contribution in [2.24, 2.45) is 0 Å². The number of hydrogen-bond donors (Lipinski definition) is 0. The zero-order chi connectivity index (χ0) is 0. The van der Waals surface area contributed by atoms with E-state index in [1.165, 1.54) is 0 Å². The van der Waals surface area contributed by atoms with Crippen LogP contribution >= 0.6 is 12.4 Å². The van der Waals surface area contributed by atoms with E-state index in [2.05, 4.69) is 0 Å². The second-order valence-corrected chi connectivity index (χ2v) is 0. The second kappa shape index (κ2) is 28.2. The van der Waals surface area contributed by atoms with Crippen molar-refractivity contribution in [1.82, 2.24) is 0 Å². The van der Waals surface area contributed by atoms with Crippen molar-refractivity contribution in [2.45, 2.75) is 0 Å². The second-order valence-electron chi connectivity index (χ2n) is 0. The van der Waals surface area contributed by atoms with Crippen LogP contribution in [0.15, 0.2) is 0 Å². The minimum absolute atomic E-state index is 0. The fourth-order valence-electron chi connectivity index (χ4n) is 0. The molecule has 0 bridgehead atoms. The van der Waals surface area contributed by atoms with Crippen molar-refractivity contribution < 1.29 is 0 Å². The van der Waals surface area contributed by atoms with Crippen LogP contribution in [-0.2, 0) is 0 Å². The molecule has 0 radical (unpaired) electrons. The fraction of sp³-hybridized carbons (Fsp3) is 0. The van der Waals surface area contributed by atoms with Gasteiger partial charge >= 0.3 is 23.1 Å². The molecule has 0 nitrogen and oxygen atoms in total. The Bertz CT molecular complexity index is 8.00. The van der Waals surface area contributed by atoms with Gasteiger partial charge in [0, 0.05) is 0 Å². The van der Waals surface area contributed by atoms with Crippen molar-refractivity contribution in [3.05, 3.63) is 7.43 Å². The molecule has 0 unspecified atom stereocenters. The summed E-state index contributed by atoms with van der Waals surface area (Å²) >= 11 is 0. The van der Waals surface area contributed by atoms with Crippen LogP contribution in [0.3, 0.4) is 0 Å². The van der Waals surface area contributed by atoms with Crippen molar-refractivity contribution in [3.8, 4) is 0 Å². The van der Waals surface area contributed by atoms with Gasteiger partial charge in [-0.2, -0.15) is 0 Å². The van der Waals surface area contributed by atoms with Gasteiger partial charge in [-0.25, -0.2) is 0 Å². The van der Waals surface area contributed by atoms with Crippen molar-refractivity contribution >= 4 is 46.4 Å². The van der Waals surface area contributed by atoms with Crippen LogP contribution in [-0.4, -0.2) is 34.0 Å². The molecule has 3 heteroatoms. The molecule has 0 atom stereocenters. The molecule has 0 amide bonds. The first-order valence-electron chi connectivity index (χ1n) is 0. The Morgan fingerprint density at radius 1 is 1.00 bits per heavy atom. The van der Waals surface area contributed by atoms with Gasteiger partial charge in [0.1, 0.15) is 0 Å². The quantitative estimate of drug-likeness (QED) is 0.284. The third-order valence-electron chi connectivity index (χ3n) is 0. The number of rotatable bonds is 0. The van der Waals surface area contributed by atoms with E-state index in [0.717, 1.165) is 0 Å². The first-order chi connectivity index (χ1) is 0. The Hall–Kier alpha value is 1.27. The Labute approximate surface area is 53.9 Å². The van der Waals surface area contributed by atoms with Gasteiger partial charge in [0.15, 0.2) is 0 Å². The molecule has 0 saturated heterocycles.